The van der Waals surface area contributed by atoms with E-state index >= 15 is 0 Å². The quantitative estimate of drug-likeness (QED) is 0.252. The van der Waals surface area contributed by atoms with E-state index in [1.165, 1.54) is 32.3 Å². The van der Waals surface area contributed by atoms with Gasteiger partial charge in [0.25, 0.3) is 15.9 Å². The number of benzene rings is 1. The van der Waals surface area contributed by atoms with E-state index in [4.69, 9.17) is 11.6 Å². The first-order valence-corrected chi connectivity index (χ1v) is 16.0. The van der Waals surface area contributed by atoms with Gasteiger partial charge < -0.3 is 25.4 Å². The lowest BCUT2D eigenvalue weighted by Crippen LogP contribution is -2.56. The lowest BCUT2D eigenvalue weighted by atomic mass is 9.95. The number of carbonyl (C=O) groups excluding carboxylic acids is 1. The van der Waals surface area contributed by atoms with E-state index in [9.17, 15) is 28.7 Å². The van der Waals surface area contributed by atoms with E-state index < -0.39 is 22.0 Å². The lowest BCUT2D eigenvalue weighted by Gasteiger charge is -2.40. The monoisotopic (exact) mass is 629 g/mol. The number of thiazole rings is 1. The van der Waals surface area contributed by atoms with Crippen LogP contribution in [0.25, 0.3) is 10.9 Å². The van der Waals surface area contributed by atoms with Crippen LogP contribution in [0.15, 0.2) is 41.4 Å². The van der Waals surface area contributed by atoms with Crippen LogP contribution >= 0.6 is 22.9 Å². The molecule has 5 heterocycles. The number of hydrogen-bond donors (Lipinski definition) is 4. The van der Waals surface area contributed by atoms with Gasteiger partial charge in [-0.05, 0) is 37.6 Å². The maximum absolute atomic E-state index is 13.9. The van der Waals surface area contributed by atoms with Gasteiger partial charge in [0.2, 0.25) is 0 Å². The molecule has 2 aliphatic rings. The summed E-state index contributed by atoms with van der Waals surface area (Å²) in [4.78, 5) is 23.8. The van der Waals surface area contributed by atoms with Crippen LogP contribution in [0, 0.1) is 11.3 Å². The minimum Gasteiger partial charge on any atom is -0.494 e. The fourth-order valence-electron chi connectivity index (χ4n) is 5.60. The molecule has 15 heteroatoms. The largest absolute Gasteiger partial charge is 0.494 e. The molecule has 6 rings (SSSR count). The van der Waals surface area contributed by atoms with Crippen molar-refractivity contribution in [1.29, 1.82) is 5.26 Å². The Bertz CT molecular complexity index is 1810. The standard InChI is InChI=1S/C27H28ClN7O5S2/c1-15-19(12-29)25-21(13-30-15)41-26(32-25)27(38)34-9-8-33(14-18(34)6-7-35-23(36)4-5-24(35)37)42(39,40)22-11-16-10-17(28)2-3-20(16)31-22/h2-5,10-11,15,18-19,30-31,36-37H,6-9,13-14H2,1H3. The fourth-order valence-corrected chi connectivity index (χ4v) is 8.28. The van der Waals surface area contributed by atoms with Crippen molar-refractivity contribution in [1.82, 2.24) is 29.1 Å². The molecule has 4 N–H and O–H groups in total. The number of carbonyl (C=O) groups is 1. The molecule has 0 saturated carbocycles. The molecular weight excluding hydrogens is 602 g/mol. The third kappa shape index (κ3) is 5.01. The molecule has 2 aliphatic heterocycles. The molecular formula is C27H28ClN7O5S2. The second kappa shape index (κ2) is 10.9. The lowest BCUT2D eigenvalue weighted by molar-refractivity contribution is 0.0541. The highest BCUT2D eigenvalue weighted by molar-refractivity contribution is 7.89. The zero-order valence-corrected chi connectivity index (χ0v) is 24.9. The van der Waals surface area contributed by atoms with Crippen LogP contribution < -0.4 is 5.32 Å². The molecule has 0 radical (unpaired) electrons. The first kappa shape index (κ1) is 28.5. The first-order chi connectivity index (χ1) is 20.1. The van der Waals surface area contributed by atoms with Gasteiger partial charge in [-0.15, -0.1) is 11.3 Å². The number of nitrogens with zero attached hydrogens (tertiary/aromatic N) is 5. The van der Waals surface area contributed by atoms with E-state index in [0.29, 0.717) is 28.2 Å². The molecule has 0 aliphatic carbocycles. The number of nitriles is 1. The van der Waals surface area contributed by atoms with Crippen molar-refractivity contribution < 1.29 is 23.4 Å². The Labute approximate surface area is 250 Å². The predicted octanol–water partition coefficient (Wildman–Crippen LogP) is 3.19. The maximum atomic E-state index is 13.9. The summed E-state index contributed by atoms with van der Waals surface area (Å²) in [5.41, 5.74) is 1.24. The van der Waals surface area contributed by atoms with Crippen LogP contribution in [0.5, 0.6) is 11.8 Å². The van der Waals surface area contributed by atoms with E-state index in [1.807, 2.05) is 6.92 Å². The van der Waals surface area contributed by atoms with Crippen molar-refractivity contribution >= 4 is 49.8 Å². The van der Waals surface area contributed by atoms with E-state index in [2.05, 4.69) is 21.4 Å². The Balaban J connectivity index is 1.29. The van der Waals surface area contributed by atoms with Crippen molar-refractivity contribution in [2.24, 2.45) is 0 Å². The summed E-state index contributed by atoms with van der Waals surface area (Å²) in [5, 5.41) is 34.7. The van der Waals surface area contributed by atoms with Crippen molar-refractivity contribution in [3.8, 4) is 17.8 Å². The molecule has 220 valence electrons. The van der Waals surface area contributed by atoms with Gasteiger partial charge in [-0.25, -0.2) is 13.4 Å². The van der Waals surface area contributed by atoms with Crippen LogP contribution in [0.3, 0.4) is 0 Å². The summed E-state index contributed by atoms with van der Waals surface area (Å²) in [6.07, 6.45) is 0.250. The molecule has 1 fully saturated rings. The van der Waals surface area contributed by atoms with Gasteiger partial charge in [0.05, 0.1) is 11.8 Å². The molecule has 3 aromatic heterocycles. The van der Waals surface area contributed by atoms with Crippen molar-refractivity contribution in [3.63, 3.8) is 0 Å². The van der Waals surface area contributed by atoms with Crippen molar-refractivity contribution in [2.45, 2.75) is 49.5 Å². The number of piperazine rings is 1. The Kier molecular flexibility index (Phi) is 7.40. The zero-order chi connectivity index (χ0) is 29.8. The number of aromatic nitrogens is 3. The summed E-state index contributed by atoms with van der Waals surface area (Å²) in [7, 11) is -3.96. The van der Waals surface area contributed by atoms with E-state index in [-0.39, 0.29) is 66.3 Å². The number of hydrogen-bond acceptors (Lipinski definition) is 9. The number of aromatic amines is 1. The molecule has 42 heavy (non-hydrogen) atoms. The smallest absolute Gasteiger partial charge is 0.283 e. The van der Waals surface area contributed by atoms with E-state index in [0.717, 1.165) is 4.88 Å². The van der Waals surface area contributed by atoms with Gasteiger partial charge in [0.15, 0.2) is 16.8 Å². The minimum atomic E-state index is -3.96. The summed E-state index contributed by atoms with van der Waals surface area (Å²) in [6.45, 7) is 2.73. The normalized spacial score (nSPS) is 21.4. The molecule has 0 spiro atoms. The van der Waals surface area contributed by atoms with Gasteiger partial charge in [0, 0.05) is 77.7 Å². The topological polar surface area (TPSA) is 168 Å². The summed E-state index contributed by atoms with van der Waals surface area (Å²) in [6, 6.07) is 10.9. The van der Waals surface area contributed by atoms with Gasteiger partial charge in [-0.1, -0.05) is 11.6 Å². The van der Waals surface area contributed by atoms with Gasteiger partial charge >= 0.3 is 0 Å². The number of aromatic hydroxyl groups is 2. The highest BCUT2D eigenvalue weighted by Gasteiger charge is 2.39. The fraction of sp³-hybridized carbons (Fsp3) is 0.370. The summed E-state index contributed by atoms with van der Waals surface area (Å²) >= 11 is 7.33. The third-order valence-corrected chi connectivity index (χ3v) is 11.0. The minimum absolute atomic E-state index is 0.00249. The van der Waals surface area contributed by atoms with Crippen LogP contribution in [0.1, 0.15) is 39.6 Å². The highest BCUT2D eigenvalue weighted by Crippen LogP contribution is 2.33. The number of fused-ring (bicyclic) bond motifs is 2. The average Bonchev–Trinajstić information content (AvgIpc) is 3.68. The molecule has 3 atom stereocenters. The van der Waals surface area contributed by atoms with Crippen LogP contribution in [-0.4, -0.2) is 80.0 Å². The molecule has 3 unspecified atom stereocenters. The maximum Gasteiger partial charge on any atom is 0.283 e. The summed E-state index contributed by atoms with van der Waals surface area (Å²) < 4.78 is 30.1. The number of rotatable bonds is 6. The van der Waals surface area contributed by atoms with Crippen LogP contribution in [0.4, 0.5) is 0 Å². The van der Waals surface area contributed by atoms with Crippen LogP contribution in [-0.2, 0) is 23.1 Å². The first-order valence-electron chi connectivity index (χ1n) is 13.4. The van der Waals surface area contributed by atoms with Crippen LogP contribution in [0.2, 0.25) is 5.02 Å². The highest BCUT2D eigenvalue weighted by atomic mass is 35.5. The Morgan fingerprint density at radius 1 is 1.21 bits per heavy atom. The molecule has 1 amide bonds. The molecule has 12 nitrogen and oxygen atoms in total. The number of nitrogens with one attached hydrogen (secondary N) is 2. The second-order valence-electron chi connectivity index (χ2n) is 10.5. The number of H-pyrrole nitrogens is 1. The predicted molar refractivity (Wildman–Crippen MR) is 156 cm³/mol. The Morgan fingerprint density at radius 3 is 2.71 bits per heavy atom. The molecule has 0 bridgehead atoms. The van der Waals surface area contributed by atoms with Crippen molar-refractivity contribution in [2.75, 3.05) is 19.6 Å². The van der Waals surface area contributed by atoms with Gasteiger partial charge in [-0.2, -0.15) is 9.57 Å². The number of halogens is 1. The van der Waals surface area contributed by atoms with E-state index in [1.54, 1.807) is 29.2 Å². The Morgan fingerprint density at radius 2 is 1.98 bits per heavy atom. The number of amides is 1. The zero-order valence-electron chi connectivity index (χ0n) is 22.5. The second-order valence-corrected chi connectivity index (χ2v) is 13.9. The SMILES string of the molecule is CC1NCc2sc(C(=O)N3CCN(S(=O)(=O)c4cc5cc(Cl)ccc5[nH]4)CC3CCn3c(O)ccc3O)nc2C1C#N. The third-order valence-electron chi connectivity index (χ3n) is 7.93. The molecule has 4 aromatic rings. The van der Waals surface area contributed by atoms with Crippen molar-refractivity contribution in [3.05, 3.63) is 57.0 Å². The van der Waals surface area contributed by atoms with Gasteiger partial charge in [-0.3, -0.25) is 9.36 Å². The summed E-state index contributed by atoms with van der Waals surface area (Å²) in [5.74, 6) is -1.10. The molecule has 1 aromatic carbocycles. The van der Waals surface area contributed by atoms with Gasteiger partial charge in [0.1, 0.15) is 10.9 Å². The number of sulfonamides is 1. The Hall–Kier alpha value is -3.61. The molecule has 1 saturated heterocycles. The average molecular weight is 630 g/mol.